The van der Waals surface area contributed by atoms with Crippen LogP contribution >= 0.6 is 11.6 Å². The van der Waals surface area contributed by atoms with Crippen molar-refractivity contribution in [1.29, 1.82) is 0 Å². The predicted octanol–water partition coefficient (Wildman–Crippen LogP) is 1.57. The van der Waals surface area contributed by atoms with Gasteiger partial charge in [0.1, 0.15) is 16.5 Å². The smallest absolute Gasteiger partial charge is 0.155 e. The molecule has 2 aromatic heterocycles. The van der Waals surface area contributed by atoms with E-state index in [0.29, 0.717) is 23.2 Å². The molecule has 72 valence electrons. The first-order chi connectivity index (χ1) is 6.72. The van der Waals surface area contributed by atoms with Gasteiger partial charge in [-0.2, -0.15) is 10.2 Å². The predicted molar refractivity (Wildman–Crippen MR) is 51.3 cm³/mol. The van der Waals surface area contributed by atoms with E-state index in [4.69, 9.17) is 11.6 Å². The molecule has 0 saturated heterocycles. The van der Waals surface area contributed by atoms with Gasteiger partial charge in [-0.3, -0.25) is 15.0 Å². The Morgan fingerprint density at radius 2 is 2.21 bits per heavy atom. The van der Waals surface area contributed by atoms with E-state index in [1.807, 2.05) is 6.92 Å². The average molecular weight is 211 g/mol. The van der Waals surface area contributed by atoms with Crippen LogP contribution in [-0.2, 0) is 0 Å². The molecule has 2 rings (SSSR count). The maximum Gasteiger partial charge on any atom is 0.155 e. The quantitative estimate of drug-likeness (QED) is 0.739. The van der Waals surface area contributed by atoms with Gasteiger partial charge in [0.2, 0.25) is 0 Å². The standard InChI is InChI=1S/C8H7ClN4O/c1-4-2-6(11-10-4)7-5(3-14)8(9)13-12-7/h2-3H,1H3,(H,10,11)(H,12,13). The summed E-state index contributed by atoms with van der Waals surface area (Å²) < 4.78 is 0. The maximum atomic E-state index is 10.7. The molecule has 0 amide bonds. The fourth-order valence-corrected chi connectivity index (χ4v) is 1.35. The molecular formula is C8H7ClN4O. The molecule has 6 heteroatoms. The zero-order valence-corrected chi connectivity index (χ0v) is 8.09. The summed E-state index contributed by atoms with van der Waals surface area (Å²) in [4.78, 5) is 10.7. The number of halogens is 1. The minimum atomic E-state index is 0.232. The van der Waals surface area contributed by atoms with E-state index in [1.165, 1.54) is 0 Å². The Hall–Kier alpha value is -1.62. The zero-order valence-electron chi connectivity index (χ0n) is 7.34. The van der Waals surface area contributed by atoms with Gasteiger partial charge in [-0.25, -0.2) is 0 Å². The van der Waals surface area contributed by atoms with Crippen LogP contribution in [0.5, 0.6) is 0 Å². The molecule has 5 nitrogen and oxygen atoms in total. The topological polar surface area (TPSA) is 74.4 Å². The van der Waals surface area contributed by atoms with E-state index in [-0.39, 0.29) is 5.15 Å². The number of rotatable bonds is 2. The highest BCUT2D eigenvalue weighted by molar-refractivity contribution is 6.32. The number of carbonyl (C=O) groups excluding carboxylic acids is 1. The Bertz CT molecular complexity index is 473. The Balaban J connectivity index is 2.56. The van der Waals surface area contributed by atoms with Crippen molar-refractivity contribution in [2.45, 2.75) is 6.92 Å². The highest BCUT2D eigenvalue weighted by Gasteiger charge is 2.14. The molecule has 2 N–H and O–H groups in total. The van der Waals surface area contributed by atoms with Crippen LogP contribution in [0, 0.1) is 6.92 Å². The van der Waals surface area contributed by atoms with Gasteiger partial charge in [-0.1, -0.05) is 11.6 Å². The second-order valence-electron chi connectivity index (χ2n) is 2.85. The van der Waals surface area contributed by atoms with E-state index in [9.17, 15) is 4.79 Å². The lowest BCUT2D eigenvalue weighted by Gasteiger charge is -1.88. The van der Waals surface area contributed by atoms with Crippen LogP contribution in [0.1, 0.15) is 16.1 Å². The van der Waals surface area contributed by atoms with Gasteiger partial charge in [-0.05, 0) is 13.0 Å². The van der Waals surface area contributed by atoms with E-state index in [0.717, 1.165) is 5.69 Å². The highest BCUT2D eigenvalue weighted by atomic mass is 35.5. The van der Waals surface area contributed by atoms with Crippen molar-refractivity contribution < 1.29 is 4.79 Å². The van der Waals surface area contributed by atoms with Crippen LogP contribution in [0.25, 0.3) is 11.4 Å². The summed E-state index contributed by atoms with van der Waals surface area (Å²) in [5.74, 6) is 0. The number of aromatic nitrogens is 4. The van der Waals surface area contributed by atoms with E-state index in [2.05, 4.69) is 20.4 Å². The molecule has 2 aromatic rings. The number of nitrogens with one attached hydrogen (secondary N) is 2. The number of hydrogen-bond acceptors (Lipinski definition) is 3. The van der Waals surface area contributed by atoms with Crippen molar-refractivity contribution in [1.82, 2.24) is 20.4 Å². The van der Waals surface area contributed by atoms with Gasteiger partial charge < -0.3 is 0 Å². The number of carbonyl (C=O) groups is 1. The number of hydrogen-bond donors (Lipinski definition) is 2. The third kappa shape index (κ3) is 1.31. The Morgan fingerprint density at radius 3 is 2.79 bits per heavy atom. The average Bonchev–Trinajstić information content (AvgIpc) is 2.71. The molecule has 0 aromatic carbocycles. The summed E-state index contributed by atoms with van der Waals surface area (Å²) in [6.45, 7) is 1.87. The molecule has 2 heterocycles. The first-order valence-corrected chi connectivity index (χ1v) is 4.31. The summed E-state index contributed by atoms with van der Waals surface area (Å²) in [5, 5.41) is 13.4. The van der Waals surface area contributed by atoms with Crippen LogP contribution in [-0.4, -0.2) is 26.7 Å². The lowest BCUT2D eigenvalue weighted by Crippen LogP contribution is -1.84. The van der Waals surface area contributed by atoms with Gasteiger partial charge in [-0.15, -0.1) is 0 Å². The second kappa shape index (κ2) is 3.26. The largest absolute Gasteiger partial charge is 0.298 e. The van der Waals surface area contributed by atoms with Gasteiger partial charge in [0.05, 0.1) is 5.56 Å². The summed E-state index contributed by atoms with van der Waals surface area (Å²) in [6.07, 6.45) is 0.658. The Kier molecular flexibility index (Phi) is 2.09. The Morgan fingerprint density at radius 1 is 1.43 bits per heavy atom. The number of aryl methyl sites for hydroxylation is 1. The molecule has 0 bridgehead atoms. The van der Waals surface area contributed by atoms with Crippen LogP contribution in [0.15, 0.2) is 6.07 Å². The SMILES string of the molecule is Cc1cc(-c2n[nH]c(Cl)c2C=O)n[nH]1. The fraction of sp³-hybridized carbons (Fsp3) is 0.125. The summed E-state index contributed by atoms with van der Waals surface area (Å²) in [7, 11) is 0. The van der Waals surface area contributed by atoms with Gasteiger partial charge in [0.25, 0.3) is 0 Å². The number of nitrogens with zero attached hydrogens (tertiary/aromatic N) is 2. The van der Waals surface area contributed by atoms with Crippen molar-refractivity contribution in [3.63, 3.8) is 0 Å². The third-order valence-corrected chi connectivity index (χ3v) is 2.11. The molecule has 0 aliphatic rings. The van der Waals surface area contributed by atoms with Crippen LogP contribution in [0.4, 0.5) is 0 Å². The normalized spacial score (nSPS) is 10.4. The molecule has 14 heavy (non-hydrogen) atoms. The van der Waals surface area contributed by atoms with Crippen LogP contribution in [0.3, 0.4) is 0 Å². The minimum Gasteiger partial charge on any atom is -0.298 e. The Labute approximate surface area is 84.5 Å². The number of aromatic amines is 2. The van der Waals surface area contributed by atoms with Crippen molar-refractivity contribution in [3.05, 3.63) is 22.5 Å². The molecule has 0 aliphatic heterocycles. The van der Waals surface area contributed by atoms with Crippen LogP contribution < -0.4 is 0 Å². The van der Waals surface area contributed by atoms with Crippen molar-refractivity contribution in [2.24, 2.45) is 0 Å². The molecule has 0 fully saturated rings. The van der Waals surface area contributed by atoms with Crippen molar-refractivity contribution in [3.8, 4) is 11.4 Å². The molecule has 0 radical (unpaired) electrons. The first-order valence-electron chi connectivity index (χ1n) is 3.94. The third-order valence-electron chi connectivity index (χ3n) is 1.82. The van der Waals surface area contributed by atoms with Crippen LogP contribution in [0.2, 0.25) is 5.15 Å². The monoisotopic (exact) mass is 210 g/mol. The molecule has 0 saturated carbocycles. The second-order valence-corrected chi connectivity index (χ2v) is 3.23. The molecular weight excluding hydrogens is 204 g/mol. The molecule has 0 spiro atoms. The lowest BCUT2D eigenvalue weighted by atomic mass is 10.2. The number of aldehydes is 1. The number of H-pyrrole nitrogens is 2. The zero-order chi connectivity index (χ0) is 10.1. The lowest BCUT2D eigenvalue weighted by molar-refractivity contribution is 0.112. The van der Waals surface area contributed by atoms with Crippen molar-refractivity contribution in [2.75, 3.05) is 0 Å². The van der Waals surface area contributed by atoms with E-state index in [1.54, 1.807) is 6.07 Å². The first kappa shape index (κ1) is 8.96. The summed E-state index contributed by atoms with van der Waals surface area (Å²) in [6, 6.07) is 1.79. The van der Waals surface area contributed by atoms with Gasteiger partial charge >= 0.3 is 0 Å². The van der Waals surface area contributed by atoms with Gasteiger partial charge in [0, 0.05) is 5.69 Å². The summed E-state index contributed by atoms with van der Waals surface area (Å²) >= 11 is 5.71. The molecule has 0 unspecified atom stereocenters. The summed E-state index contributed by atoms with van der Waals surface area (Å²) in [5.41, 5.74) is 2.30. The van der Waals surface area contributed by atoms with Gasteiger partial charge in [0.15, 0.2) is 6.29 Å². The van der Waals surface area contributed by atoms with E-state index < -0.39 is 0 Å². The molecule has 0 atom stereocenters. The van der Waals surface area contributed by atoms with E-state index >= 15 is 0 Å². The maximum absolute atomic E-state index is 10.7. The minimum absolute atomic E-state index is 0.232. The fourth-order valence-electron chi connectivity index (χ4n) is 1.17. The van der Waals surface area contributed by atoms with Crippen molar-refractivity contribution >= 4 is 17.9 Å². The molecule has 0 aliphatic carbocycles. The highest BCUT2D eigenvalue weighted by Crippen LogP contribution is 2.23.